The SMILES string of the molecule is Cc1ccc(C(=O)Nc2ccc3c(c2)CCN3C(=O)c2cccs2)cc1C. The van der Waals surface area contributed by atoms with Crippen molar-refractivity contribution >= 4 is 34.5 Å². The lowest BCUT2D eigenvalue weighted by Gasteiger charge is -2.16. The van der Waals surface area contributed by atoms with Crippen molar-refractivity contribution in [1.29, 1.82) is 0 Å². The second-order valence-corrected chi connectivity index (χ2v) is 7.73. The van der Waals surface area contributed by atoms with Gasteiger partial charge >= 0.3 is 0 Å². The molecule has 0 spiro atoms. The topological polar surface area (TPSA) is 49.4 Å². The molecule has 0 radical (unpaired) electrons. The van der Waals surface area contributed by atoms with E-state index in [0.29, 0.717) is 12.1 Å². The van der Waals surface area contributed by atoms with Gasteiger partial charge in [0.05, 0.1) is 4.88 Å². The van der Waals surface area contributed by atoms with Gasteiger partial charge in [-0.2, -0.15) is 0 Å². The number of fused-ring (bicyclic) bond motifs is 1. The summed E-state index contributed by atoms with van der Waals surface area (Å²) in [6.45, 7) is 4.70. The van der Waals surface area contributed by atoms with Crippen molar-refractivity contribution in [1.82, 2.24) is 0 Å². The van der Waals surface area contributed by atoms with Crippen molar-refractivity contribution < 1.29 is 9.59 Å². The molecule has 0 saturated heterocycles. The van der Waals surface area contributed by atoms with E-state index < -0.39 is 0 Å². The molecule has 2 heterocycles. The smallest absolute Gasteiger partial charge is 0.268 e. The van der Waals surface area contributed by atoms with E-state index in [9.17, 15) is 9.59 Å². The van der Waals surface area contributed by atoms with E-state index in [2.05, 4.69) is 5.32 Å². The van der Waals surface area contributed by atoms with E-state index in [1.165, 1.54) is 16.9 Å². The Morgan fingerprint density at radius 1 is 1.04 bits per heavy atom. The highest BCUT2D eigenvalue weighted by Gasteiger charge is 2.26. The Balaban J connectivity index is 1.53. The summed E-state index contributed by atoms with van der Waals surface area (Å²) in [6, 6.07) is 15.2. The van der Waals surface area contributed by atoms with Crippen molar-refractivity contribution in [2.75, 3.05) is 16.8 Å². The van der Waals surface area contributed by atoms with Gasteiger partial charge in [-0.25, -0.2) is 0 Å². The number of nitrogens with one attached hydrogen (secondary N) is 1. The lowest BCUT2D eigenvalue weighted by Crippen LogP contribution is -2.28. The summed E-state index contributed by atoms with van der Waals surface area (Å²) in [4.78, 5) is 27.7. The molecule has 1 aliphatic heterocycles. The molecule has 27 heavy (non-hydrogen) atoms. The lowest BCUT2D eigenvalue weighted by molar-refractivity contribution is 0.0991. The Bertz CT molecular complexity index is 1020. The van der Waals surface area contributed by atoms with Gasteiger partial charge < -0.3 is 10.2 Å². The fourth-order valence-electron chi connectivity index (χ4n) is 3.31. The number of benzene rings is 2. The van der Waals surface area contributed by atoms with Crippen molar-refractivity contribution in [2.45, 2.75) is 20.3 Å². The molecule has 1 aliphatic rings. The summed E-state index contributed by atoms with van der Waals surface area (Å²) in [7, 11) is 0. The van der Waals surface area contributed by atoms with Gasteiger partial charge in [0, 0.05) is 23.5 Å². The average molecular weight is 376 g/mol. The number of carbonyl (C=O) groups excluding carboxylic acids is 2. The maximum absolute atomic E-state index is 12.6. The summed E-state index contributed by atoms with van der Waals surface area (Å²) in [5.74, 6) is -0.0850. The van der Waals surface area contributed by atoms with E-state index in [1.54, 1.807) is 0 Å². The third kappa shape index (κ3) is 3.38. The first-order chi connectivity index (χ1) is 13.0. The Labute approximate surface area is 162 Å². The lowest BCUT2D eigenvalue weighted by atomic mass is 10.1. The number of aryl methyl sites for hydroxylation is 2. The monoisotopic (exact) mass is 376 g/mol. The molecule has 0 atom stereocenters. The van der Waals surface area contributed by atoms with Crippen LogP contribution in [0.5, 0.6) is 0 Å². The third-order valence-corrected chi connectivity index (χ3v) is 5.84. The van der Waals surface area contributed by atoms with E-state index in [-0.39, 0.29) is 11.8 Å². The first-order valence-corrected chi connectivity index (χ1v) is 9.78. The van der Waals surface area contributed by atoms with Crippen LogP contribution in [0.1, 0.15) is 36.7 Å². The maximum Gasteiger partial charge on any atom is 0.268 e. The van der Waals surface area contributed by atoms with Crippen LogP contribution in [0.25, 0.3) is 0 Å². The molecule has 2 amide bonds. The van der Waals surface area contributed by atoms with Crippen LogP contribution in [0.4, 0.5) is 11.4 Å². The summed E-state index contributed by atoms with van der Waals surface area (Å²) in [5.41, 5.74) is 5.67. The molecule has 1 N–H and O–H groups in total. The van der Waals surface area contributed by atoms with E-state index in [4.69, 9.17) is 0 Å². The Morgan fingerprint density at radius 3 is 2.63 bits per heavy atom. The van der Waals surface area contributed by atoms with Gasteiger partial charge in [0.25, 0.3) is 11.8 Å². The number of amides is 2. The number of hydrogen-bond acceptors (Lipinski definition) is 3. The van der Waals surface area contributed by atoms with Crippen LogP contribution in [-0.2, 0) is 6.42 Å². The molecule has 0 aliphatic carbocycles. The van der Waals surface area contributed by atoms with Crippen molar-refractivity contribution in [3.8, 4) is 0 Å². The fraction of sp³-hybridized carbons (Fsp3) is 0.182. The molecular weight excluding hydrogens is 356 g/mol. The molecular formula is C22H20N2O2S. The first kappa shape index (κ1) is 17.5. The summed E-state index contributed by atoms with van der Waals surface area (Å²) >= 11 is 1.46. The summed E-state index contributed by atoms with van der Waals surface area (Å²) < 4.78 is 0. The van der Waals surface area contributed by atoms with Gasteiger partial charge in [0.15, 0.2) is 0 Å². The number of hydrogen-bond donors (Lipinski definition) is 1. The van der Waals surface area contributed by atoms with Crippen LogP contribution in [0.2, 0.25) is 0 Å². The molecule has 3 aromatic rings. The van der Waals surface area contributed by atoms with Crippen molar-refractivity contribution in [3.63, 3.8) is 0 Å². The standard InChI is InChI=1S/C22H20N2O2S/c1-14-5-6-17(12-15(14)2)21(25)23-18-7-8-19-16(13-18)9-10-24(19)22(26)20-4-3-11-27-20/h3-8,11-13H,9-10H2,1-2H3,(H,23,25). The van der Waals surface area contributed by atoms with Crippen LogP contribution in [-0.4, -0.2) is 18.4 Å². The Morgan fingerprint density at radius 2 is 1.89 bits per heavy atom. The van der Waals surface area contributed by atoms with Crippen molar-refractivity contribution in [3.05, 3.63) is 81.0 Å². The highest BCUT2D eigenvalue weighted by molar-refractivity contribution is 7.12. The van der Waals surface area contributed by atoms with Gasteiger partial charge in [-0.1, -0.05) is 12.1 Å². The minimum Gasteiger partial charge on any atom is -0.322 e. The molecule has 136 valence electrons. The Kier molecular flexibility index (Phi) is 4.54. The van der Waals surface area contributed by atoms with Gasteiger partial charge in [-0.3, -0.25) is 9.59 Å². The number of thiophene rings is 1. The van der Waals surface area contributed by atoms with Crippen molar-refractivity contribution in [2.24, 2.45) is 0 Å². The normalized spacial score (nSPS) is 12.7. The molecule has 1 aromatic heterocycles. The van der Waals surface area contributed by atoms with Crippen LogP contribution in [0.3, 0.4) is 0 Å². The van der Waals surface area contributed by atoms with E-state index in [0.717, 1.165) is 33.8 Å². The number of carbonyl (C=O) groups is 2. The number of anilines is 2. The van der Waals surface area contributed by atoms with E-state index >= 15 is 0 Å². The molecule has 0 bridgehead atoms. The highest BCUT2D eigenvalue weighted by Crippen LogP contribution is 2.32. The molecule has 2 aromatic carbocycles. The highest BCUT2D eigenvalue weighted by atomic mass is 32.1. The molecule has 4 rings (SSSR count). The second-order valence-electron chi connectivity index (χ2n) is 6.78. The van der Waals surface area contributed by atoms with Gasteiger partial charge in [-0.15, -0.1) is 11.3 Å². The first-order valence-electron chi connectivity index (χ1n) is 8.90. The van der Waals surface area contributed by atoms with Gasteiger partial charge in [-0.05, 0) is 78.7 Å². The molecule has 4 nitrogen and oxygen atoms in total. The molecule has 0 saturated carbocycles. The third-order valence-electron chi connectivity index (χ3n) is 4.98. The zero-order valence-electron chi connectivity index (χ0n) is 15.3. The zero-order chi connectivity index (χ0) is 19.0. The summed E-state index contributed by atoms with van der Waals surface area (Å²) in [6.07, 6.45) is 0.791. The predicted octanol–water partition coefficient (Wildman–Crippen LogP) is 4.82. The van der Waals surface area contributed by atoms with Crippen LogP contribution in [0, 0.1) is 13.8 Å². The van der Waals surface area contributed by atoms with Gasteiger partial charge in [0.1, 0.15) is 0 Å². The Hall–Kier alpha value is -2.92. The fourth-order valence-corrected chi connectivity index (χ4v) is 3.98. The van der Waals surface area contributed by atoms with Crippen LogP contribution < -0.4 is 10.2 Å². The average Bonchev–Trinajstić information content (AvgIpc) is 3.33. The zero-order valence-corrected chi connectivity index (χ0v) is 16.1. The molecule has 0 fully saturated rings. The minimum absolute atomic E-state index is 0.0377. The second kappa shape index (κ2) is 7.00. The van der Waals surface area contributed by atoms with E-state index in [1.807, 2.05) is 72.7 Å². The number of rotatable bonds is 3. The summed E-state index contributed by atoms with van der Waals surface area (Å²) in [5, 5.41) is 4.88. The molecule has 5 heteroatoms. The van der Waals surface area contributed by atoms with Gasteiger partial charge in [0.2, 0.25) is 0 Å². The largest absolute Gasteiger partial charge is 0.322 e. The molecule has 0 unspecified atom stereocenters. The van der Waals surface area contributed by atoms with Crippen LogP contribution >= 0.6 is 11.3 Å². The predicted molar refractivity (Wildman–Crippen MR) is 110 cm³/mol. The minimum atomic E-state index is -0.123. The maximum atomic E-state index is 12.6. The number of nitrogens with zero attached hydrogens (tertiary/aromatic N) is 1. The quantitative estimate of drug-likeness (QED) is 0.712. The van der Waals surface area contributed by atoms with Crippen LogP contribution in [0.15, 0.2) is 53.9 Å².